The molecule has 0 atom stereocenters. The number of halogens is 3. The molecule has 0 amide bonds. The molecule has 0 bridgehead atoms. The molecule has 1 rings (SSSR count). The topological polar surface area (TPSA) is 21.3 Å². The van der Waals surface area contributed by atoms with Gasteiger partial charge in [0, 0.05) is 18.1 Å². The molecule has 0 radical (unpaired) electrons. The van der Waals surface area contributed by atoms with Crippen molar-refractivity contribution in [2.45, 2.75) is 26.4 Å². The summed E-state index contributed by atoms with van der Waals surface area (Å²) in [6.07, 6.45) is 1.45. The summed E-state index contributed by atoms with van der Waals surface area (Å²) < 4.78 is 32.2. The number of ether oxygens (including phenoxy) is 1. The Morgan fingerprint density at radius 3 is 2.44 bits per heavy atom. The molecule has 0 spiro atoms. The van der Waals surface area contributed by atoms with Crippen LogP contribution in [0.2, 0.25) is 0 Å². The summed E-state index contributed by atoms with van der Waals surface area (Å²) in [5.74, 6) is -1.80. The quantitative estimate of drug-likeness (QED) is 0.857. The monoisotopic (exact) mass is 275 g/mol. The SMILES string of the molecule is CC(C)NCc1cc(F)c(OCC=CCl)c(F)c1. The maximum Gasteiger partial charge on any atom is 0.191 e. The zero-order valence-electron chi connectivity index (χ0n) is 10.3. The van der Waals surface area contributed by atoms with Gasteiger partial charge in [0.2, 0.25) is 0 Å². The van der Waals surface area contributed by atoms with E-state index in [1.807, 2.05) is 13.8 Å². The Labute approximate surface area is 111 Å². The zero-order valence-corrected chi connectivity index (χ0v) is 11.1. The third-order valence-corrected chi connectivity index (χ3v) is 2.36. The van der Waals surface area contributed by atoms with E-state index in [0.717, 1.165) is 0 Å². The second-order valence-electron chi connectivity index (χ2n) is 4.10. The van der Waals surface area contributed by atoms with Gasteiger partial charge in [0.15, 0.2) is 17.4 Å². The Morgan fingerprint density at radius 1 is 1.33 bits per heavy atom. The van der Waals surface area contributed by atoms with Crippen LogP contribution in [0.3, 0.4) is 0 Å². The maximum absolute atomic E-state index is 13.6. The first-order chi connectivity index (χ1) is 8.54. The summed E-state index contributed by atoms with van der Waals surface area (Å²) in [7, 11) is 0. The van der Waals surface area contributed by atoms with E-state index >= 15 is 0 Å². The summed E-state index contributed by atoms with van der Waals surface area (Å²) >= 11 is 5.29. The van der Waals surface area contributed by atoms with E-state index in [-0.39, 0.29) is 18.4 Å². The zero-order chi connectivity index (χ0) is 13.5. The molecule has 0 aliphatic rings. The number of hydrogen-bond acceptors (Lipinski definition) is 2. The van der Waals surface area contributed by atoms with Crippen LogP contribution in [0.15, 0.2) is 23.7 Å². The van der Waals surface area contributed by atoms with Crippen molar-refractivity contribution in [3.05, 3.63) is 40.9 Å². The van der Waals surface area contributed by atoms with Gasteiger partial charge in [0.1, 0.15) is 6.61 Å². The molecule has 0 heterocycles. The van der Waals surface area contributed by atoms with Crippen molar-refractivity contribution in [3.8, 4) is 5.75 Å². The molecule has 0 fully saturated rings. The van der Waals surface area contributed by atoms with Gasteiger partial charge in [0.05, 0.1) is 0 Å². The van der Waals surface area contributed by atoms with Gasteiger partial charge in [-0.2, -0.15) is 0 Å². The largest absolute Gasteiger partial charge is 0.483 e. The van der Waals surface area contributed by atoms with Crippen LogP contribution in [0.4, 0.5) is 8.78 Å². The first kappa shape index (κ1) is 14.9. The summed E-state index contributed by atoms with van der Waals surface area (Å²) in [5.41, 5.74) is 1.77. The third kappa shape index (κ3) is 4.63. The highest BCUT2D eigenvalue weighted by Gasteiger charge is 2.12. The summed E-state index contributed by atoms with van der Waals surface area (Å²) in [6, 6.07) is 2.78. The molecular weight excluding hydrogens is 260 g/mol. The minimum Gasteiger partial charge on any atom is -0.483 e. The van der Waals surface area contributed by atoms with Crippen LogP contribution in [0.5, 0.6) is 5.75 Å². The molecular formula is C13H16ClF2NO. The average molecular weight is 276 g/mol. The standard InChI is InChI=1S/C13H16ClF2NO/c1-9(2)17-8-10-6-11(15)13(12(16)7-10)18-5-3-4-14/h3-4,6-7,9,17H,5,8H2,1-2H3. The van der Waals surface area contributed by atoms with Gasteiger partial charge in [0.25, 0.3) is 0 Å². The fourth-order valence-corrected chi connectivity index (χ4v) is 1.41. The van der Waals surface area contributed by atoms with Crippen molar-refractivity contribution in [3.63, 3.8) is 0 Å². The van der Waals surface area contributed by atoms with Crippen molar-refractivity contribution < 1.29 is 13.5 Å². The fraction of sp³-hybridized carbons (Fsp3) is 0.385. The van der Waals surface area contributed by atoms with Gasteiger partial charge in [-0.15, -0.1) is 0 Å². The first-order valence-electron chi connectivity index (χ1n) is 5.64. The molecule has 1 aromatic rings. The number of nitrogens with one attached hydrogen (secondary N) is 1. The molecule has 100 valence electrons. The Kier molecular flexibility index (Phi) is 6.09. The van der Waals surface area contributed by atoms with E-state index in [4.69, 9.17) is 16.3 Å². The van der Waals surface area contributed by atoms with E-state index in [1.54, 1.807) is 0 Å². The molecule has 5 heteroatoms. The predicted octanol–water partition coefficient (Wildman–Crippen LogP) is 3.59. The Morgan fingerprint density at radius 2 is 1.94 bits per heavy atom. The van der Waals surface area contributed by atoms with Crippen LogP contribution in [0.25, 0.3) is 0 Å². The second kappa shape index (κ2) is 7.34. The van der Waals surface area contributed by atoms with E-state index < -0.39 is 11.6 Å². The highest BCUT2D eigenvalue weighted by Crippen LogP contribution is 2.23. The van der Waals surface area contributed by atoms with E-state index in [1.165, 1.54) is 23.7 Å². The van der Waals surface area contributed by atoms with E-state index in [2.05, 4.69) is 5.32 Å². The van der Waals surface area contributed by atoms with Crippen LogP contribution in [-0.2, 0) is 6.54 Å². The Bertz CT molecular complexity index is 398. The predicted molar refractivity (Wildman–Crippen MR) is 68.8 cm³/mol. The maximum atomic E-state index is 13.6. The third-order valence-electron chi connectivity index (χ3n) is 2.19. The van der Waals surface area contributed by atoms with Crippen molar-refractivity contribution in [2.24, 2.45) is 0 Å². The lowest BCUT2D eigenvalue weighted by Crippen LogP contribution is -2.22. The van der Waals surface area contributed by atoms with Gasteiger partial charge in [-0.3, -0.25) is 0 Å². The Hall–Kier alpha value is -1.13. The fourth-order valence-electron chi connectivity index (χ4n) is 1.34. The smallest absolute Gasteiger partial charge is 0.191 e. The van der Waals surface area contributed by atoms with Gasteiger partial charge in [-0.05, 0) is 23.8 Å². The van der Waals surface area contributed by atoms with Crippen LogP contribution in [0, 0.1) is 11.6 Å². The van der Waals surface area contributed by atoms with Crippen molar-refractivity contribution in [1.82, 2.24) is 5.32 Å². The Balaban J connectivity index is 2.77. The number of rotatable bonds is 6. The molecule has 1 aromatic carbocycles. The van der Waals surface area contributed by atoms with Crippen molar-refractivity contribution >= 4 is 11.6 Å². The van der Waals surface area contributed by atoms with Gasteiger partial charge < -0.3 is 10.1 Å². The highest BCUT2D eigenvalue weighted by atomic mass is 35.5. The van der Waals surface area contributed by atoms with Gasteiger partial charge in [-0.25, -0.2) is 8.78 Å². The number of hydrogen-bond donors (Lipinski definition) is 1. The molecule has 0 unspecified atom stereocenters. The van der Waals surface area contributed by atoms with Gasteiger partial charge in [-0.1, -0.05) is 25.4 Å². The lowest BCUT2D eigenvalue weighted by atomic mass is 10.2. The second-order valence-corrected chi connectivity index (χ2v) is 4.35. The van der Waals surface area contributed by atoms with Crippen LogP contribution < -0.4 is 10.1 Å². The normalized spacial score (nSPS) is 11.4. The van der Waals surface area contributed by atoms with Crippen LogP contribution in [0.1, 0.15) is 19.4 Å². The minimum absolute atomic E-state index is 0.0287. The van der Waals surface area contributed by atoms with E-state index in [0.29, 0.717) is 12.1 Å². The van der Waals surface area contributed by atoms with E-state index in [9.17, 15) is 8.78 Å². The summed E-state index contributed by atoms with van der Waals surface area (Å²) in [5, 5.41) is 3.09. The molecule has 0 aromatic heterocycles. The molecule has 18 heavy (non-hydrogen) atoms. The molecule has 0 aliphatic carbocycles. The van der Waals surface area contributed by atoms with Crippen molar-refractivity contribution in [1.29, 1.82) is 0 Å². The van der Waals surface area contributed by atoms with Gasteiger partial charge >= 0.3 is 0 Å². The lowest BCUT2D eigenvalue weighted by Gasteiger charge is -2.11. The molecule has 2 nitrogen and oxygen atoms in total. The minimum atomic E-state index is -0.710. The highest BCUT2D eigenvalue weighted by molar-refractivity contribution is 6.25. The average Bonchev–Trinajstić information content (AvgIpc) is 2.30. The summed E-state index contributed by atoms with van der Waals surface area (Å²) in [4.78, 5) is 0. The molecule has 0 saturated carbocycles. The first-order valence-corrected chi connectivity index (χ1v) is 6.07. The van der Waals surface area contributed by atoms with Crippen molar-refractivity contribution in [2.75, 3.05) is 6.61 Å². The van der Waals surface area contributed by atoms with Crippen LogP contribution >= 0.6 is 11.6 Å². The number of benzene rings is 1. The van der Waals surface area contributed by atoms with Crippen LogP contribution in [-0.4, -0.2) is 12.6 Å². The molecule has 0 aliphatic heterocycles. The lowest BCUT2D eigenvalue weighted by molar-refractivity contribution is 0.320. The molecule has 0 saturated heterocycles. The summed E-state index contributed by atoms with van der Waals surface area (Å²) in [6.45, 7) is 4.36. The molecule has 1 N–H and O–H groups in total.